The second kappa shape index (κ2) is 13.9. The molecular formula is C36H37ClN4O3. The number of likely N-dealkylation sites (tertiary alicyclic amines) is 1. The van der Waals surface area contributed by atoms with Gasteiger partial charge in [-0.25, -0.2) is 0 Å². The Morgan fingerprint density at radius 2 is 1.64 bits per heavy atom. The van der Waals surface area contributed by atoms with Crippen molar-refractivity contribution in [2.75, 3.05) is 27.2 Å². The van der Waals surface area contributed by atoms with E-state index in [4.69, 9.17) is 21.1 Å². The van der Waals surface area contributed by atoms with Crippen LogP contribution in [0, 0.1) is 25.2 Å². The Morgan fingerprint density at radius 1 is 0.932 bits per heavy atom. The molecule has 1 saturated heterocycles. The lowest BCUT2D eigenvalue weighted by Crippen LogP contribution is -2.22. The topological polar surface area (TPSA) is 78.7 Å². The molecule has 0 aliphatic carbocycles. The van der Waals surface area contributed by atoms with Crippen molar-refractivity contribution in [1.82, 2.24) is 14.8 Å². The second-order valence-electron chi connectivity index (χ2n) is 11.4. The van der Waals surface area contributed by atoms with Gasteiger partial charge in [-0.3, -0.25) is 14.7 Å². The summed E-state index contributed by atoms with van der Waals surface area (Å²) in [5.41, 5.74) is 8.11. The molecule has 7 nitrogen and oxygen atoms in total. The van der Waals surface area contributed by atoms with E-state index in [0.717, 1.165) is 58.6 Å². The van der Waals surface area contributed by atoms with Crippen LogP contribution in [0.1, 0.15) is 56.6 Å². The minimum Gasteiger partial charge on any atom is -0.488 e. The number of carbonyl (C=O) groups is 1. The van der Waals surface area contributed by atoms with Gasteiger partial charge in [0.25, 0.3) is 5.91 Å². The molecule has 226 valence electrons. The summed E-state index contributed by atoms with van der Waals surface area (Å²) in [5.74, 6) is 1.22. The third kappa shape index (κ3) is 7.05. The van der Waals surface area contributed by atoms with Crippen molar-refractivity contribution in [2.24, 2.45) is 0 Å². The first-order chi connectivity index (χ1) is 21.2. The first-order valence-corrected chi connectivity index (χ1v) is 15.2. The van der Waals surface area contributed by atoms with E-state index < -0.39 is 0 Å². The Morgan fingerprint density at radius 3 is 2.36 bits per heavy atom. The zero-order chi connectivity index (χ0) is 31.2. The number of amides is 1. The maximum Gasteiger partial charge on any atom is 0.253 e. The second-order valence-corrected chi connectivity index (χ2v) is 11.8. The van der Waals surface area contributed by atoms with E-state index in [2.05, 4.69) is 35.0 Å². The smallest absolute Gasteiger partial charge is 0.253 e. The first-order valence-electron chi connectivity index (χ1n) is 14.8. The molecule has 0 N–H and O–H groups in total. The fourth-order valence-electron chi connectivity index (χ4n) is 5.60. The molecule has 0 atom stereocenters. The van der Waals surface area contributed by atoms with E-state index in [0.29, 0.717) is 34.3 Å². The van der Waals surface area contributed by atoms with Gasteiger partial charge in [-0.1, -0.05) is 41.9 Å². The fraction of sp³-hybridized carbons (Fsp3) is 0.306. The molecule has 2 heterocycles. The maximum absolute atomic E-state index is 12.8. The number of pyridine rings is 1. The monoisotopic (exact) mass is 608 g/mol. The molecule has 0 spiro atoms. The van der Waals surface area contributed by atoms with Crippen LogP contribution < -0.4 is 9.47 Å². The van der Waals surface area contributed by atoms with Crippen LogP contribution in [-0.2, 0) is 19.8 Å². The number of carbonyl (C=O) groups excluding carboxylic acids is 1. The largest absolute Gasteiger partial charge is 0.488 e. The molecule has 1 aliphatic heterocycles. The van der Waals surface area contributed by atoms with Gasteiger partial charge in [-0.2, -0.15) is 5.26 Å². The van der Waals surface area contributed by atoms with Crippen LogP contribution in [0.25, 0.3) is 11.1 Å². The van der Waals surface area contributed by atoms with Gasteiger partial charge < -0.3 is 14.4 Å². The Balaban J connectivity index is 1.40. The summed E-state index contributed by atoms with van der Waals surface area (Å²) in [6.45, 7) is 7.48. The zero-order valence-electron chi connectivity index (χ0n) is 25.7. The molecule has 44 heavy (non-hydrogen) atoms. The Labute approximate surface area is 264 Å². The highest BCUT2D eigenvalue weighted by Crippen LogP contribution is 2.36. The van der Waals surface area contributed by atoms with Gasteiger partial charge in [0.1, 0.15) is 30.8 Å². The Bertz CT molecular complexity index is 1710. The molecule has 3 aromatic carbocycles. The van der Waals surface area contributed by atoms with Crippen LogP contribution in [0.15, 0.2) is 67.0 Å². The first kappa shape index (κ1) is 31.1. The van der Waals surface area contributed by atoms with Gasteiger partial charge in [-0.15, -0.1) is 0 Å². The van der Waals surface area contributed by atoms with E-state index in [1.54, 1.807) is 31.3 Å². The van der Waals surface area contributed by atoms with Crippen LogP contribution in [-0.4, -0.2) is 47.9 Å². The molecule has 1 fully saturated rings. The van der Waals surface area contributed by atoms with Crippen LogP contribution in [0.3, 0.4) is 0 Å². The van der Waals surface area contributed by atoms with Crippen molar-refractivity contribution in [3.05, 3.63) is 111 Å². The van der Waals surface area contributed by atoms with E-state index >= 15 is 0 Å². The number of hydrogen-bond donors (Lipinski definition) is 0. The summed E-state index contributed by atoms with van der Waals surface area (Å²) in [6.07, 6.45) is 5.62. The predicted octanol–water partition coefficient (Wildman–Crippen LogP) is 7.35. The van der Waals surface area contributed by atoms with Gasteiger partial charge in [0, 0.05) is 55.8 Å². The summed E-state index contributed by atoms with van der Waals surface area (Å²) >= 11 is 6.79. The molecule has 5 rings (SSSR count). The summed E-state index contributed by atoms with van der Waals surface area (Å²) in [4.78, 5) is 20.9. The van der Waals surface area contributed by atoms with Crippen molar-refractivity contribution in [3.8, 4) is 28.7 Å². The summed E-state index contributed by atoms with van der Waals surface area (Å²) in [7, 11) is 3.53. The fourth-order valence-corrected chi connectivity index (χ4v) is 5.84. The van der Waals surface area contributed by atoms with Crippen LogP contribution in [0.4, 0.5) is 0 Å². The molecule has 4 aromatic rings. The highest BCUT2D eigenvalue weighted by Gasteiger charge is 2.19. The molecule has 0 bridgehead atoms. The van der Waals surface area contributed by atoms with E-state index in [9.17, 15) is 10.1 Å². The molecule has 0 unspecified atom stereocenters. The normalized spacial score (nSPS) is 13.0. The summed E-state index contributed by atoms with van der Waals surface area (Å²) in [5, 5.41) is 9.78. The number of benzene rings is 3. The van der Waals surface area contributed by atoms with Crippen molar-refractivity contribution in [2.45, 2.75) is 46.4 Å². The number of nitrogens with zero attached hydrogens (tertiary/aromatic N) is 4. The summed E-state index contributed by atoms with van der Waals surface area (Å²) in [6, 6.07) is 19.7. The third-order valence-corrected chi connectivity index (χ3v) is 8.41. The van der Waals surface area contributed by atoms with Crippen LogP contribution in [0.5, 0.6) is 11.5 Å². The molecule has 8 heteroatoms. The van der Waals surface area contributed by atoms with Gasteiger partial charge >= 0.3 is 0 Å². The van der Waals surface area contributed by atoms with Crippen LogP contribution >= 0.6 is 11.6 Å². The van der Waals surface area contributed by atoms with E-state index in [-0.39, 0.29) is 12.5 Å². The molecular weight excluding hydrogens is 572 g/mol. The van der Waals surface area contributed by atoms with Crippen molar-refractivity contribution in [1.29, 1.82) is 5.26 Å². The summed E-state index contributed by atoms with van der Waals surface area (Å²) < 4.78 is 12.6. The van der Waals surface area contributed by atoms with Gasteiger partial charge in [0.05, 0.1) is 10.6 Å². The lowest BCUT2D eigenvalue weighted by molar-refractivity contribution is 0.0827. The third-order valence-electron chi connectivity index (χ3n) is 8.12. The van der Waals surface area contributed by atoms with Gasteiger partial charge in [-0.05, 0) is 85.8 Å². The minimum absolute atomic E-state index is 0.0173. The van der Waals surface area contributed by atoms with E-state index in [1.807, 2.05) is 43.3 Å². The lowest BCUT2D eigenvalue weighted by atomic mass is 9.91. The Hall–Kier alpha value is -4.38. The number of rotatable bonds is 10. The molecule has 0 saturated carbocycles. The zero-order valence-corrected chi connectivity index (χ0v) is 26.4. The van der Waals surface area contributed by atoms with Gasteiger partial charge in [0.2, 0.25) is 0 Å². The maximum atomic E-state index is 12.8. The quantitative estimate of drug-likeness (QED) is 0.187. The molecule has 1 amide bonds. The molecule has 1 aliphatic rings. The number of halogens is 1. The molecule has 1 aromatic heterocycles. The van der Waals surface area contributed by atoms with Crippen molar-refractivity contribution >= 4 is 17.5 Å². The standard InChI is InChI=1S/C36H37ClN4O3/c1-24-28(9-7-10-30(24)31-11-8-12-32(25(31)2)36(42)40(3)4)23-44-35-17-34(43-22-27-15-26(18-38)19-39-20-27)29(16-33(35)37)21-41-13-5-6-14-41/h7-12,15-17,19-20H,5-6,13-14,21-23H2,1-4H3. The predicted molar refractivity (Wildman–Crippen MR) is 173 cm³/mol. The van der Waals surface area contributed by atoms with Crippen molar-refractivity contribution in [3.63, 3.8) is 0 Å². The highest BCUT2D eigenvalue weighted by molar-refractivity contribution is 6.32. The van der Waals surface area contributed by atoms with Gasteiger partial charge in [0.15, 0.2) is 0 Å². The number of hydrogen-bond acceptors (Lipinski definition) is 6. The Kier molecular flexibility index (Phi) is 9.84. The highest BCUT2D eigenvalue weighted by atomic mass is 35.5. The minimum atomic E-state index is -0.0173. The number of ether oxygens (including phenoxy) is 2. The van der Waals surface area contributed by atoms with Crippen molar-refractivity contribution < 1.29 is 14.3 Å². The number of aromatic nitrogens is 1. The average molecular weight is 609 g/mol. The average Bonchev–Trinajstić information content (AvgIpc) is 3.54. The van der Waals surface area contributed by atoms with Crippen LogP contribution in [0.2, 0.25) is 5.02 Å². The number of nitriles is 1. The van der Waals surface area contributed by atoms with E-state index in [1.165, 1.54) is 19.0 Å². The molecule has 0 radical (unpaired) electrons. The SMILES string of the molecule is Cc1c(COc2cc(OCc3cncc(C#N)c3)c(CN3CCCC3)cc2Cl)cccc1-c1cccc(C(=O)N(C)C)c1C. The lowest BCUT2D eigenvalue weighted by Gasteiger charge is -2.20.